The van der Waals surface area contributed by atoms with Gasteiger partial charge in [0.2, 0.25) is 11.8 Å². The molecule has 38 heavy (non-hydrogen) atoms. The molecule has 1 fully saturated rings. The van der Waals surface area contributed by atoms with E-state index in [2.05, 4.69) is 47.9 Å². The number of rotatable bonds is 11. The van der Waals surface area contributed by atoms with E-state index < -0.39 is 0 Å². The quantitative estimate of drug-likeness (QED) is 0.333. The van der Waals surface area contributed by atoms with Crippen molar-refractivity contribution < 1.29 is 14.3 Å². The van der Waals surface area contributed by atoms with Gasteiger partial charge in [-0.05, 0) is 35.9 Å². The van der Waals surface area contributed by atoms with Gasteiger partial charge in [0, 0.05) is 70.2 Å². The molecule has 0 unspecified atom stereocenters. The maximum Gasteiger partial charge on any atom is 0.239 e. The van der Waals surface area contributed by atoms with Gasteiger partial charge in [-0.1, -0.05) is 24.3 Å². The monoisotopic (exact) mass is 517 g/mol. The number of piperazine rings is 1. The highest BCUT2D eigenvalue weighted by atomic mass is 16.5. The van der Waals surface area contributed by atoms with E-state index in [4.69, 9.17) is 4.74 Å². The van der Waals surface area contributed by atoms with Crippen molar-refractivity contribution in [3.63, 3.8) is 0 Å². The van der Waals surface area contributed by atoms with E-state index in [1.807, 2.05) is 36.4 Å². The van der Waals surface area contributed by atoms with Crippen molar-refractivity contribution in [2.75, 3.05) is 63.6 Å². The lowest BCUT2D eigenvalue weighted by Gasteiger charge is -2.34. The zero-order chi connectivity index (χ0) is 26.7. The molecule has 200 valence electrons. The van der Waals surface area contributed by atoms with Crippen molar-refractivity contribution in [1.82, 2.24) is 25.1 Å². The summed E-state index contributed by atoms with van der Waals surface area (Å²) in [4.78, 5) is 37.4. The Kier molecular flexibility index (Phi) is 9.60. The van der Waals surface area contributed by atoms with Crippen LogP contribution in [0.15, 0.2) is 60.8 Å². The normalized spacial score (nSPS) is 14.1. The van der Waals surface area contributed by atoms with Crippen LogP contribution in [0, 0.1) is 0 Å². The molecule has 0 aliphatic carbocycles. The highest BCUT2D eigenvalue weighted by Gasteiger charge is 2.19. The molecular weight excluding hydrogens is 482 g/mol. The van der Waals surface area contributed by atoms with Gasteiger partial charge >= 0.3 is 0 Å². The maximum atomic E-state index is 12.8. The van der Waals surface area contributed by atoms with Crippen LogP contribution in [0.5, 0.6) is 5.75 Å². The van der Waals surface area contributed by atoms with Gasteiger partial charge in [-0.25, -0.2) is 9.97 Å². The summed E-state index contributed by atoms with van der Waals surface area (Å²) in [6.07, 6.45) is 1.64. The Morgan fingerprint density at radius 3 is 2.55 bits per heavy atom. The zero-order valence-electron chi connectivity index (χ0n) is 21.9. The van der Waals surface area contributed by atoms with E-state index in [0.29, 0.717) is 31.3 Å². The number of para-hydroxylation sites is 1. The molecule has 3 N–H and O–H groups in total. The number of nitrogens with one attached hydrogen (secondary N) is 3. The molecule has 4 rings (SSSR count). The van der Waals surface area contributed by atoms with Crippen molar-refractivity contribution in [2.45, 2.75) is 13.5 Å². The minimum Gasteiger partial charge on any atom is -0.497 e. The molecule has 2 amide bonds. The van der Waals surface area contributed by atoms with Crippen molar-refractivity contribution in [3.05, 3.63) is 66.4 Å². The largest absolute Gasteiger partial charge is 0.497 e. The van der Waals surface area contributed by atoms with Gasteiger partial charge in [0.25, 0.3) is 0 Å². The number of carbonyl (C=O) groups excluding carboxylic acids is 2. The first-order valence-corrected chi connectivity index (χ1v) is 12.8. The molecule has 0 radical (unpaired) electrons. The van der Waals surface area contributed by atoms with Crippen LogP contribution in [0.3, 0.4) is 0 Å². The van der Waals surface area contributed by atoms with E-state index in [1.54, 1.807) is 19.4 Å². The third-order valence-corrected chi connectivity index (χ3v) is 6.28. The predicted molar refractivity (Wildman–Crippen MR) is 148 cm³/mol. The zero-order valence-corrected chi connectivity index (χ0v) is 21.9. The SMILES string of the molecule is COc1cccc(CN2CCN(CC(=O)Nc3ccnc(-c4ccccc4NCCNC(C)=O)n3)CC2)c1. The lowest BCUT2D eigenvalue weighted by molar-refractivity contribution is -0.119. The van der Waals surface area contributed by atoms with Crippen LogP contribution < -0.4 is 20.7 Å². The first kappa shape index (κ1) is 27.0. The van der Waals surface area contributed by atoms with Crippen molar-refractivity contribution in [3.8, 4) is 17.1 Å². The molecule has 1 aliphatic rings. The third kappa shape index (κ3) is 7.99. The number of methoxy groups -OCH3 is 1. The summed E-state index contributed by atoms with van der Waals surface area (Å²) in [7, 11) is 1.68. The molecule has 0 saturated carbocycles. The number of nitrogens with zero attached hydrogens (tertiary/aromatic N) is 4. The molecule has 0 atom stereocenters. The van der Waals surface area contributed by atoms with Gasteiger partial charge in [0.1, 0.15) is 11.6 Å². The summed E-state index contributed by atoms with van der Waals surface area (Å²) in [5.74, 6) is 1.67. The van der Waals surface area contributed by atoms with Crippen LogP contribution in [-0.4, -0.2) is 84.5 Å². The van der Waals surface area contributed by atoms with E-state index in [0.717, 1.165) is 49.7 Å². The highest BCUT2D eigenvalue weighted by Crippen LogP contribution is 2.25. The Balaban J connectivity index is 1.28. The third-order valence-electron chi connectivity index (χ3n) is 6.28. The van der Waals surface area contributed by atoms with Crippen molar-refractivity contribution in [2.24, 2.45) is 0 Å². The number of aromatic nitrogens is 2. The fraction of sp³-hybridized carbons (Fsp3) is 0.357. The van der Waals surface area contributed by atoms with E-state index >= 15 is 0 Å². The van der Waals surface area contributed by atoms with E-state index in [1.165, 1.54) is 12.5 Å². The van der Waals surface area contributed by atoms with Gasteiger partial charge in [-0.2, -0.15) is 0 Å². The maximum absolute atomic E-state index is 12.8. The molecule has 2 heterocycles. The second-order valence-corrected chi connectivity index (χ2v) is 9.17. The Morgan fingerprint density at radius 2 is 1.76 bits per heavy atom. The van der Waals surface area contributed by atoms with E-state index in [-0.39, 0.29) is 11.8 Å². The van der Waals surface area contributed by atoms with Gasteiger partial charge in [-0.15, -0.1) is 0 Å². The molecule has 1 aromatic heterocycles. The average Bonchev–Trinajstić information content (AvgIpc) is 2.92. The molecular formula is C28H35N7O3. The first-order chi connectivity index (χ1) is 18.5. The van der Waals surface area contributed by atoms with Gasteiger partial charge in [-0.3, -0.25) is 19.4 Å². The molecule has 0 bridgehead atoms. The molecule has 0 spiro atoms. The van der Waals surface area contributed by atoms with Crippen LogP contribution in [0.1, 0.15) is 12.5 Å². The minimum atomic E-state index is -0.0994. The van der Waals surface area contributed by atoms with Crippen LogP contribution in [-0.2, 0) is 16.1 Å². The van der Waals surface area contributed by atoms with Gasteiger partial charge < -0.3 is 20.7 Å². The number of ether oxygens (including phenoxy) is 1. The topological polar surface area (TPSA) is 112 Å². The smallest absolute Gasteiger partial charge is 0.239 e. The number of benzene rings is 2. The average molecular weight is 518 g/mol. The Hall–Kier alpha value is -4.02. The number of anilines is 2. The second-order valence-electron chi connectivity index (χ2n) is 9.17. The van der Waals surface area contributed by atoms with Crippen LogP contribution in [0.4, 0.5) is 11.5 Å². The fourth-order valence-electron chi connectivity index (χ4n) is 4.35. The Morgan fingerprint density at radius 1 is 0.974 bits per heavy atom. The Labute approximate surface area is 223 Å². The Bertz CT molecular complexity index is 1230. The molecule has 2 aromatic carbocycles. The number of carbonyl (C=O) groups is 2. The highest BCUT2D eigenvalue weighted by molar-refractivity contribution is 5.91. The minimum absolute atomic E-state index is 0.0676. The summed E-state index contributed by atoms with van der Waals surface area (Å²) < 4.78 is 5.32. The number of hydrogen-bond acceptors (Lipinski definition) is 8. The first-order valence-electron chi connectivity index (χ1n) is 12.8. The molecule has 1 aliphatic heterocycles. The molecule has 10 heteroatoms. The van der Waals surface area contributed by atoms with Gasteiger partial charge in [0.05, 0.1) is 13.7 Å². The van der Waals surface area contributed by atoms with Crippen LogP contribution >= 0.6 is 0 Å². The van der Waals surface area contributed by atoms with Crippen LogP contribution in [0.2, 0.25) is 0 Å². The summed E-state index contributed by atoms with van der Waals surface area (Å²) in [5.41, 5.74) is 2.89. The molecule has 3 aromatic rings. The summed E-state index contributed by atoms with van der Waals surface area (Å²) in [6.45, 7) is 7.19. The second kappa shape index (κ2) is 13.5. The van der Waals surface area contributed by atoms with Gasteiger partial charge in [0.15, 0.2) is 5.82 Å². The molecule has 10 nitrogen and oxygen atoms in total. The standard InChI is InChI=1S/C28H35N7O3/c1-21(36)29-12-13-30-25-9-4-3-8-24(25)28-31-11-10-26(33-28)32-27(37)20-35-16-14-34(15-17-35)19-22-6-5-7-23(18-22)38-2/h3-11,18,30H,12-17,19-20H2,1-2H3,(H,29,36)(H,31,32,33,37). The molecule has 1 saturated heterocycles. The summed E-state index contributed by atoms with van der Waals surface area (Å²) in [5, 5.41) is 8.99. The lowest BCUT2D eigenvalue weighted by Crippen LogP contribution is -2.48. The summed E-state index contributed by atoms with van der Waals surface area (Å²) >= 11 is 0. The van der Waals surface area contributed by atoms with Crippen molar-refractivity contribution >= 4 is 23.3 Å². The fourth-order valence-corrected chi connectivity index (χ4v) is 4.35. The summed E-state index contributed by atoms with van der Waals surface area (Å²) in [6, 6.07) is 17.5. The van der Waals surface area contributed by atoms with Crippen molar-refractivity contribution in [1.29, 1.82) is 0 Å². The van der Waals surface area contributed by atoms with Crippen LogP contribution in [0.25, 0.3) is 11.4 Å². The van der Waals surface area contributed by atoms with E-state index in [9.17, 15) is 9.59 Å². The number of hydrogen-bond donors (Lipinski definition) is 3. The predicted octanol–water partition coefficient (Wildman–Crippen LogP) is 2.46. The lowest BCUT2D eigenvalue weighted by atomic mass is 10.1. The number of amides is 2.